The summed E-state index contributed by atoms with van der Waals surface area (Å²) in [6.45, 7) is 8.40. The van der Waals surface area contributed by atoms with Gasteiger partial charge in [-0.25, -0.2) is 4.98 Å². The Bertz CT molecular complexity index is 514. The SMILES string of the molecule is Cc1ccc(-c2nc(CN(C)CC(C)C)co2)cc1. The van der Waals surface area contributed by atoms with Gasteiger partial charge in [0.1, 0.15) is 6.26 Å². The lowest BCUT2D eigenvalue weighted by molar-refractivity contribution is 0.285. The summed E-state index contributed by atoms with van der Waals surface area (Å²) in [5.74, 6) is 1.36. The minimum Gasteiger partial charge on any atom is -0.444 e. The van der Waals surface area contributed by atoms with E-state index in [9.17, 15) is 0 Å². The second kappa shape index (κ2) is 6.02. The maximum Gasteiger partial charge on any atom is 0.226 e. The van der Waals surface area contributed by atoms with Crippen LogP contribution in [0.25, 0.3) is 11.5 Å². The van der Waals surface area contributed by atoms with Crippen LogP contribution < -0.4 is 0 Å². The lowest BCUT2D eigenvalue weighted by atomic mass is 10.1. The van der Waals surface area contributed by atoms with Crippen molar-refractivity contribution >= 4 is 0 Å². The summed E-state index contributed by atoms with van der Waals surface area (Å²) in [6, 6.07) is 8.24. The van der Waals surface area contributed by atoms with E-state index in [1.54, 1.807) is 6.26 Å². The van der Waals surface area contributed by atoms with E-state index in [0.29, 0.717) is 11.8 Å². The van der Waals surface area contributed by atoms with E-state index in [2.05, 4.69) is 49.8 Å². The van der Waals surface area contributed by atoms with Crippen LogP contribution in [0.15, 0.2) is 34.9 Å². The fraction of sp³-hybridized carbons (Fsp3) is 0.438. The van der Waals surface area contributed by atoms with Gasteiger partial charge in [0.25, 0.3) is 0 Å². The first-order valence-electron chi connectivity index (χ1n) is 6.74. The van der Waals surface area contributed by atoms with Gasteiger partial charge in [-0.1, -0.05) is 31.5 Å². The number of rotatable bonds is 5. The summed E-state index contributed by atoms with van der Waals surface area (Å²) in [7, 11) is 2.11. The van der Waals surface area contributed by atoms with Gasteiger partial charge in [-0.05, 0) is 32.0 Å². The molecule has 3 heteroatoms. The molecule has 0 bridgehead atoms. The molecule has 0 atom stereocenters. The lowest BCUT2D eigenvalue weighted by Gasteiger charge is -2.16. The molecule has 0 radical (unpaired) electrons. The molecule has 0 unspecified atom stereocenters. The highest BCUT2D eigenvalue weighted by atomic mass is 16.3. The van der Waals surface area contributed by atoms with E-state index < -0.39 is 0 Å². The molecule has 3 nitrogen and oxygen atoms in total. The fourth-order valence-electron chi connectivity index (χ4n) is 2.17. The largest absolute Gasteiger partial charge is 0.444 e. The molecule has 0 saturated heterocycles. The molecular formula is C16H22N2O. The first kappa shape index (κ1) is 13.8. The first-order chi connectivity index (χ1) is 9.04. The van der Waals surface area contributed by atoms with Crippen LogP contribution in [0.2, 0.25) is 0 Å². The second-order valence-electron chi connectivity index (χ2n) is 5.60. The van der Waals surface area contributed by atoms with Crippen molar-refractivity contribution in [2.75, 3.05) is 13.6 Å². The number of hydrogen-bond donors (Lipinski definition) is 0. The topological polar surface area (TPSA) is 29.3 Å². The molecule has 0 amide bonds. The Morgan fingerprint density at radius 1 is 1.21 bits per heavy atom. The van der Waals surface area contributed by atoms with Gasteiger partial charge in [0.05, 0.1) is 5.69 Å². The molecule has 1 aromatic heterocycles. The van der Waals surface area contributed by atoms with Crippen LogP contribution >= 0.6 is 0 Å². The van der Waals surface area contributed by atoms with E-state index >= 15 is 0 Å². The van der Waals surface area contributed by atoms with E-state index in [4.69, 9.17) is 4.42 Å². The van der Waals surface area contributed by atoms with Crippen LogP contribution in [-0.2, 0) is 6.54 Å². The predicted octanol–water partition coefficient (Wildman–Crippen LogP) is 3.74. The van der Waals surface area contributed by atoms with E-state index in [1.165, 1.54) is 5.56 Å². The zero-order valence-corrected chi connectivity index (χ0v) is 12.2. The molecule has 0 saturated carbocycles. The molecule has 2 rings (SSSR count). The summed E-state index contributed by atoms with van der Waals surface area (Å²) >= 11 is 0. The van der Waals surface area contributed by atoms with Crippen molar-refractivity contribution in [3.63, 3.8) is 0 Å². The van der Waals surface area contributed by atoms with Gasteiger partial charge < -0.3 is 9.32 Å². The highest BCUT2D eigenvalue weighted by Gasteiger charge is 2.09. The van der Waals surface area contributed by atoms with Crippen molar-refractivity contribution in [1.29, 1.82) is 0 Å². The number of nitrogens with zero attached hydrogens (tertiary/aromatic N) is 2. The molecule has 0 aliphatic heterocycles. The first-order valence-corrected chi connectivity index (χ1v) is 6.74. The molecule has 0 aliphatic rings. The molecule has 0 spiro atoms. The van der Waals surface area contributed by atoms with E-state index in [-0.39, 0.29) is 0 Å². The third-order valence-electron chi connectivity index (χ3n) is 2.96. The predicted molar refractivity (Wildman–Crippen MR) is 77.8 cm³/mol. The minimum absolute atomic E-state index is 0.661. The Hall–Kier alpha value is -1.61. The van der Waals surface area contributed by atoms with Gasteiger partial charge in [0.15, 0.2) is 0 Å². The van der Waals surface area contributed by atoms with Crippen LogP contribution in [0, 0.1) is 12.8 Å². The number of aromatic nitrogens is 1. The maximum atomic E-state index is 5.56. The maximum absolute atomic E-state index is 5.56. The lowest BCUT2D eigenvalue weighted by Crippen LogP contribution is -2.22. The summed E-state index contributed by atoms with van der Waals surface area (Å²) in [4.78, 5) is 6.81. The van der Waals surface area contributed by atoms with Gasteiger partial charge in [0.2, 0.25) is 5.89 Å². The molecule has 0 N–H and O–H groups in total. The normalized spacial score (nSPS) is 11.5. The molecule has 102 valence electrons. The van der Waals surface area contributed by atoms with Crippen molar-refractivity contribution in [2.45, 2.75) is 27.3 Å². The zero-order chi connectivity index (χ0) is 13.8. The Kier molecular flexibility index (Phi) is 4.38. The van der Waals surface area contributed by atoms with Gasteiger partial charge in [-0.2, -0.15) is 0 Å². The Morgan fingerprint density at radius 3 is 2.53 bits per heavy atom. The van der Waals surface area contributed by atoms with Crippen LogP contribution in [0.4, 0.5) is 0 Å². The quantitative estimate of drug-likeness (QED) is 0.818. The van der Waals surface area contributed by atoms with Crippen molar-refractivity contribution < 1.29 is 4.42 Å². The molecule has 0 fully saturated rings. The smallest absolute Gasteiger partial charge is 0.226 e. The van der Waals surface area contributed by atoms with Crippen LogP contribution in [0.5, 0.6) is 0 Å². The fourth-order valence-corrected chi connectivity index (χ4v) is 2.17. The van der Waals surface area contributed by atoms with Crippen molar-refractivity contribution in [1.82, 2.24) is 9.88 Å². The average Bonchev–Trinajstić information content (AvgIpc) is 2.77. The monoisotopic (exact) mass is 258 g/mol. The zero-order valence-electron chi connectivity index (χ0n) is 12.2. The Morgan fingerprint density at radius 2 is 1.89 bits per heavy atom. The molecule has 1 heterocycles. The highest BCUT2D eigenvalue weighted by Crippen LogP contribution is 2.19. The molecule has 1 aromatic carbocycles. The van der Waals surface area contributed by atoms with E-state index in [0.717, 1.165) is 24.3 Å². The van der Waals surface area contributed by atoms with Gasteiger partial charge >= 0.3 is 0 Å². The molecule has 0 aliphatic carbocycles. The minimum atomic E-state index is 0.661. The van der Waals surface area contributed by atoms with Gasteiger partial charge in [-0.15, -0.1) is 0 Å². The van der Waals surface area contributed by atoms with Crippen molar-refractivity contribution in [2.24, 2.45) is 5.92 Å². The average molecular weight is 258 g/mol. The van der Waals surface area contributed by atoms with Crippen molar-refractivity contribution in [3.05, 3.63) is 41.8 Å². The van der Waals surface area contributed by atoms with Gasteiger partial charge in [-0.3, -0.25) is 0 Å². The summed E-state index contributed by atoms with van der Waals surface area (Å²) in [5.41, 5.74) is 3.26. The summed E-state index contributed by atoms with van der Waals surface area (Å²) in [6.07, 6.45) is 1.76. The van der Waals surface area contributed by atoms with Crippen LogP contribution in [-0.4, -0.2) is 23.5 Å². The number of hydrogen-bond acceptors (Lipinski definition) is 3. The van der Waals surface area contributed by atoms with Gasteiger partial charge in [0, 0.05) is 18.7 Å². The number of oxazole rings is 1. The molecule has 2 aromatic rings. The van der Waals surface area contributed by atoms with Crippen LogP contribution in [0.3, 0.4) is 0 Å². The third-order valence-corrected chi connectivity index (χ3v) is 2.96. The number of aryl methyl sites for hydroxylation is 1. The highest BCUT2D eigenvalue weighted by molar-refractivity contribution is 5.53. The molecule has 19 heavy (non-hydrogen) atoms. The van der Waals surface area contributed by atoms with Crippen LogP contribution in [0.1, 0.15) is 25.1 Å². The number of benzene rings is 1. The summed E-state index contributed by atoms with van der Waals surface area (Å²) < 4.78 is 5.56. The standard InChI is InChI=1S/C16H22N2O/c1-12(2)9-18(4)10-15-11-19-16(17-15)14-7-5-13(3)6-8-14/h5-8,11-12H,9-10H2,1-4H3. The third kappa shape index (κ3) is 3.93. The Labute approximate surface area is 115 Å². The second-order valence-corrected chi connectivity index (χ2v) is 5.60. The van der Waals surface area contributed by atoms with E-state index in [1.807, 2.05) is 12.1 Å². The molecular weight excluding hydrogens is 236 g/mol. The Balaban J connectivity index is 2.04. The summed E-state index contributed by atoms with van der Waals surface area (Å²) in [5, 5.41) is 0. The van der Waals surface area contributed by atoms with Crippen molar-refractivity contribution in [3.8, 4) is 11.5 Å².